The first kappa shape index (κ1) is 12.6. The molecule has 1 aromatic heterocycles. The minimum Gasteiger partial charge on any atom is -0.504 e. The highest BCUT2D eigenvalue weighted by atomic mass is 79.9. The maximum atomic E-state index is 10.6. The number of ether oxygens (including phenoxy) is 1. The van der Waals surface area contributed by atoms with Crippen LogP contribution in [0, 0.1) is 0 Å². The van der Waals surface area contributed by atoms with E-state index in [1.807, 2.05) is 12.1 Å². The van der Waals surface area contributed by atoms with Crippen LogP contribution in [0.1, 0.15) is 15.9 Å². The van der Waals surface area contributed by atoms with E-state index in [-0.39, 0.29) is 5.75 Å². The van der Waals surface area contributed by atoms with Crippen molar-refractivity contribution in [2.75, 3.05) is 0 Å². The summed E-state index contributed by atoms with van der Waals surface area (Å²) in [7, 11) is 0. The molecule has 0 bridgehead atoms. The van der Waals surface area contributed by atoms with Crippen LogP contribution in [0.25, 0.3) is 0 Å². The normalized spacial score (nSPS) is 10.1. The smallest absolute Gasteiger partial charge is 0.175 e. The minimum absolute atomic E-state index is 0.0737. The van der Waals surface area contributed by atoms with Crippen LogP contribution in [0.4, 0.5) is 0 Å². The van der Waals surface area contributed by atoms with Gasteiger partial charge in [-0.1, -0.05) is 6.07 Å². The number of benzene rings is 1. The molecule has 0 aliphatic heterocycles. The molecule has 1 N–H and O–H groups in total. The van der Waals surface area contributed by atoms with Gasteiger partial charge in [-0.3, -0.25) is 9.78 Å². The summed E-state index contributed by atoms with van der Waals surface area (Å²) in [4.78, 5) is 14.6. The quantitative estimate of drug-likeness (QED) is 0.882. The standard InChI is InChI=1S/C13H10BrNO3/c14-11-4-10(7-16)5-12(17)13(11)18-8-9-2-1-3-15-6-9/h1-7,17H,8H2. The summed E-state index contributed by atoms with van der Waals surface area (Å²) < 4.78 is 6.04. The van der Waals surface area contributed by atoms with Crippen LogP contribution in [0.15, 0.2) is 41.1 Å². The molecule has 1 aromatic carbocycles. The average molecular weight is 308 g/mol. The van der Waals surface area contributed by atoms with Crippen molar-refractivity contribution in [1.82, 2.24) is 4.98 Å². The summed E-state index contributed by atoms with van der Waals surface area (Å²) in [6.45, 7) is 0.292. The highest BCUT2D eigenvalue weighted by Crippen LogP contribution is 2.35. The largest absolute Gasteiger partial charge is 0.504 e. The zero-order chi connectivity index (χ0) is 13.0. The Morgan fingerprint density at radius 1 is 1.44 bits per heavy atom. The van der Waals surface area contributed by atoms with E-state index >= 15 is 0 Å². The maximum absolute atomic E-state index is 10.6. The topological polar surface area (TPSA) is 59.4 Å². The number of rotatable bonds is 4. The molecule has 0 radical (unpaired) electrons. The van der Waals surface area contributed by atoms with E-state index in [2.05, 4.69) is 20.9 Å². The van der Waals surface area contributed by atoms with Crippen LogP contribution < -0.4 is 4.74 Å². The predicted molar refractivity (Wildman–Crippen MR) is 69.8 cm³/mol. The minimum atomic E-state index is -0.0737. The predicted octanol–water partition coefficient (Wildman–Crippen LogP) is 2.94. The van der Waals surface area contributed by atoms with Gasteiger partial charge in [0, 0.05) is 23.5 Å². The molecular formula is C13H10BrNO3. The third-order valence-electron chi connectivity index (χ3n) is 2.29. The summed E-state index contributed by atoms with van der Waals surface area (Å²) in [6.07, 6.45) is 4.02. The molecule has 2 rings (SSSR count). The Balaban J connectivity index is 2.17. The van der Waals surface area contributed by atoms with E-state index < -0.39 is 0 Å². The van der Waals surface area contributed by atoms with Gasteiger partial charge in [-0.05, 0) is 34.1 Å². The van der Waals surface area contributed by atoms with E-state index in [0.29, 0.717) is 28.7 Å². The third-order valence-corrected chi connectivity index (χ3v) is 2.88. The third kappa shape index (κ3) is 2.87. The molecule has 5 heteroatoms. The Hall–Kier alpha value is -1.88. The number of hydrogen-bond donors (Lipinski definition) is 1. The van der Waals surface area contributed by atoms with Crippen LogP contribution in [-0.2, 0) is 6.61 Å². The van der Waals surface area contributed by atoms with Gasteiger partial charge in [-0.2, -0.15) is 0 Å². The Morgan fingerprint density at radius 2 is 2.28 bits per heavy atom. The van der Waals surface area contributed by atoms with Crippen LogP contribution in [0.3, 0.4) is 0 Å². The fourth-order valence-corrected chi connectivity index (χ4v) is 2.03. The second-order valence-corrected chi connectivity index (χ2v) is 4.47. The molecule has 0 saturated heterocycles. The van der Waals surface area contributed by atoms with Crippen LogP contribution in [0.5, 0.6) is 11.5 Å². The molecule has 0 amide bonds. The molecule has 0 saturated carbocycles. The highest BCUT2D eigenvalue weighted by molar-refractivity contribution is 9.10. The second-order valence-electron chi connectivity index (χ2n) is 3.62. The van der Waals surface area contributed by atoms with Gasteiger partial charge < -0.3 is 9.84 Å². The number of phenolic OH excluding ortho intramolecular Hbond substituents is 1. The number of nitrogens with zero attached hydrogens (tertiary/aromatic N) is 1. The fraction of sp³-hybridized carbons (Fsp3) is 0.0769. The number of hydrogen-bond acceptors (Lipinski definition) is 4. The van der Waals surface area contributed by atoms with Gasteiger partial charge in [-0.15, -0.1) is 0 Å². The molecule has 0 unspecified atom stereocenters. The van der Waals surface area contributed by atoms with Crippen LogP contribution in [0.2, 0.25) is 0 Å². The number of halogens is 1. The van der Waals surface area contributed by atoms with Crippen molar-refractivity contribution in [3.05, 3.63) is 52.3 Å². The molecule has 1 heterocycles. The average Bonchev–Trinajstić information content (AvgIpc) is 2.38. The van der Waals surface area contributed by atoms with Crippen molar-refractivity contribution in [3.63, 3.8) is 0 Å². The van der Waals surface area contributed by atoms with Gasteiger partial charge in [0.15, 0.2) is 11.5 Å². The lowest BCUT2D eigenvalue weighted by Crippen LogP contribution is -1.97. The lowest BCUT2D eigenvalue weighted by atomic mass is 10.2. The first-order chi connectivity index (χ1) is 8.70. The van der Waals surface area contributed by atoms with Crippen molar-refractivity contribution in [2.45, 2.75) is 6.61 Å². The molecule has 0 aliphatic rings. The molecule has 0 fully saturated rings. The maximum Gasteiger partial charge on any atom is 0.175 e. The molecule has 0 aliphatic carbocycles. The van der Waals surface area contributed by atoms with Gasteiger partial charge in [0.1, 0.15) is 12.9 Å². The van der Waals surface area contributed by atoms with E-state index in [0.717, 1.165) is 5.56 Å². The second kappa shape index (κ2) is 5.64. The molecule has 92 valence electrons. The lowest BCUT2D eigenvalue weighted by Gasteiger charge is -2.10. The van der Waals surface area contributed by atoms with E-state index in [9.17, 15) is 9.90 Å². The molecular weight excluding hydrogens is 298 g/mol. The molecule has 4 nitrogen and oxygen atoms in total. The summed E-state index contributed by atoms with van der Waals surface area (Å²) in [5, 5.41) is 9.75. The first-order valence-electron chi connectivity index (χ1n) is 5.20. The van der Waals surface area contributed by atoms with Crippen molar-refractivity contribution >= 4 is 22.2 Å². The van der Waals surface area contributed by atoms with E-state index in [4.69, 9.17) is 4.74 Å². The monoisotopic (exact) mass is 307 g/mol. The number of aldehydes is 1. The number of aromatic hydroxyl groups is 1. The van der Waals surface area contributed by atoms with Crippen LogP contribution in [-0.4, -0.2) is 16.4 Å². The summed E-state index contributed by atoms with van der Waals surface area (Å²) in [5.41, 5.74) is 1.27. The molecule has 2 aromatic rings. The summed E-state index contributed by atoms with van der Waals surface area (Å²) in [6, 6.07) is 6.63. The van der Waals surface area contributed by atoms with Crippen LogP contribution >= 0.6 is 15.9 Å². The van der Waals surface area contributed by atoms with Gasteiger partial charge in [0.05, 0.1) is 4.47 Å². The number of carbonyl (C=O) groups is 1. The Morgan fingerprint density at radius 3 is 2.89 bits per heavy atom. The van der Waals surface area contributed by atoms with E-state index in [1.165, 1.54) is 6.07 Å². The number of phenols is 1. The van der Waals surface area contributed by atoms with Gasteiger partial charge in [0.25, 0.3) is 0 Å². The Bertz CT molecular complexity index is 534. The van der Waals surface area contributed by atoms with Crippen molar-refractivity contribution < 1.29 is 14.6 Å². The Kier molecular flexibility index (Phi) is 3.94. The number of carbonyl (C=O) groups excluding carboxylic acids is 1. The summed E-state index contributed by atoms with van der Waals surface area (Å²) in [5.74, 6) is 0.236. The molecule has 0 atom stereocenters. The summed E-state index contributed by atoms with van der Waals surface area (Å²) >= 11 is 3.25. The SMILES string of the molecule is O=Cc1cc(O)c(OCc2cccnc2)c(Br)c1. The lowest BCUT2D eigenvalue weighted by molar-refractivity contribution is 0.112. The van der Waals surface area contributed by atoms with Gasteiger partial charge >= 0.3 is 0 Å². The number of pyridine rings is 1. The van der Waals surface area contributed by atoms with E-state index in [1.54, 1.807) is 18.5 Å². The van der Waals surface area contributed by atoms with Gasteiger partial charge in [-0.25, -0.2) is 0 Å². The first-order valence-corrected chi connectivity index (χ1v) is 5.99. The zero-order valence-corrected chi connectivity index (χ0v) is 10.9. The molecule has 0 spiro atoms. The van der Waals surface area contributed by atoms with Crippen molar-refractivity contribution in [1.29, 1.82) is 0 Å². The zero-order valence-electron chi connectivity index (χ0n) is 9.34. The highest BCUT2D eigenvalue weighted by Gasteiger charge is 2.10. The fourth-order valence-electron chi connectivity index (χ4n) is 1.45. The van der Waals surface area contributed by atoms with Crippen molar-refractivity contribution in [2.24, 2.45) is 0 Å². The number of aromatic nitrogens is 1. The molecule has 18 heavy (non-hydrogen) atoms. The Labute approximate surface area is 112 Å². The van der Waals surface area contributed by atoms with Gasteiger partial charge in [0.2, 0.25) is 0 Å². The van der Waals surface area contributed by atoms with Crippen molar-refractivity contribution in [3.8, 4) is 11.5 Å².